The van der Waals surface area contributed by atoms with Crippen molar-refractivity contribution in [3.05, 3.63) is 35.5 Å². The van der Waals surface area contributed by atoms with Gasteiger partial charge in [0.2, 0.25) is 0 Å². The van der Waals surface area contributed by atoms with Crippen LogP contribution < -0.4 is 0 Å². The zero-order valence-electron chi connectivity index (χ0n) is 16.8. The van der Waals surface area contributed by atoms with E-state index in [1.807, 2.05) is 13.0 Å². The Balaban J connectivity index is 3.05. The topological polar surface area (TPSA) is 46.5 Å². The van der Waals surface area contributed by atoms with E-state index in [4.69, 9.17) is 4.74 Å². The van der Waals surface area contributed by atoms with Crippen molar-refractivity contribution in [2.75, 3.05) is 0 Å². The van der Waals surface area contributed by atoms with Gasteiger partial charge in [0.15, 0.2) is 0 Å². The van der Waals surface area contributed by atoms with E-state index < -0.39 is 5.60 Å². The molecule has 3 nitrogen and oxygen atoms in total. The van der Waals surface area contributed by atoms with Gasteiger partial charge >= 0.3 is 5.97 Å². The van der Waals surface area contributed by atoms with Crippen molar-refractivity contribution in [1.29, 1.82) is 0 Å². The normalized spacial score (nSPS) is 35.0. The summed E-state index contributed by atoms with van der Waals surface area (Å²) in [5, 5.41) is 10.6. The molecule has 0 fully saturated rings. The average molecular weight is 349 g/mol. The Morgan fingerprint density at radius 1 is 1.32 bits per heavy atom. The second kappa shape index (κ2) is 9.96. The molecule has 0 heterocycles. The zero-order valence-corrected chi connectivity index (χ0v) is 16.8. The lowest BCUT2D eigenvalue weighted by molar-refractivity contribution is -0.144. The van der Waals surface area contributed by atoms with E-state index in [1.54, 1.807) is 0 Å². The third-order valence-electron chi connectivity index (χ3n) is 4.88. The lowest BCUT2D eigenvalue weighted by Gasteiger charge is -2.23. The largest absolute Gasteiger partial charge is 0.458 e. The van der Waals surface area contributed by atoms with E-state index in [-0.39, 0.29) is 12.1 Å². The Bertz CT molecular complexity index is 523. The number of esters is 1. The van der Waals surface area contributed by atoms with Crippen LogP contribution in [-0.2, 0) is 9.53 Å². The predicted octanol–water partition coefficient (Wildman–Crippen LogP) is 5.35. The molecule has 0 aromatic rings. The van der Waals surface area contributed by atoms with Crippen LogP contribution in [0.2, 0.25) is 0 Å². The zero-order chi connectivity index (χ0) is 19.0. The number of aliphatic hydroxyl groups is 1. The number of carbonyl (C=O) groups excluding carboxylic acids is 1. The molecule has 0 unspecified atom stereocenters. The van der Waals surface area contributed by atoms with Crippen LogP contribution >= 0.6 is 0 Å². The van der Waals surface area contributed by atoms with E-state index in [9.17, 15) is 9.90 Å². The molecule has 25 heavy (non-hydrogen) atoms. The van der Waals surface area contributed by atoms with Crippen molar-refractivity contribution in [3.63, 3.8) is 0 Å². The number of hydrogen-bond donors (Lipinski definition) is 1. The van der Waals surface area contributed by atoms with E-state index in [2.05, 4.69) is 45.9 Å². The molecule has 0 bridgehead atoms. The monoisotopic (exact) mass is 348 g/mol. The fourth-order valence-corrected chi connectivity index (χ4v) is 3.22. The molecule has 0 spiro atoms. The van der Waals surface area contributed by atoms with E-state index >= 15 is 0 Å². The first-order valence-electron chi connectivity index (χ1n) is 9.51. The number of carbonyl (C=O) groups is 1. The summed E-state index contributed by atoms with van der Waals surface area (Å²) < 4.78 is 5.49. The van der Waals surface area contributed by atoms with Crippen molar-refractivity contribution in [2.45, 2.75) is 85.4 Å². The summed E-state index contributed by atoms with van der Waals surface area (Å²) in [6.45, 7) is 12.0. The molecule has 0 aromatic heterocycles. The number of allylic oxidation sites excluding steroid dienone is 3. The molecule has 3 heteroatoms. The molecule has 1 rings (SSSR count). The first-order chi connectivity index (χ1) is 11.6. The summed E-state index contributed by atoms with van der Waals surface area (Å²) in [5.41, 5.74) is 1.66. The Kier molecular flexibility index (Phi) is 8.64. The van der Waals surface area contributed by atoms with Gasteiger partial charge in [-0.1, -0.05) is 43.2 Å². The van der Waals surface area contributed by atoms with Gasteiger partial charge in [-0.2, -0.15) is 0 Å². The third-order valence-corrected chi connectivity index (χ3v) is 4.88. The smallest absolute Gasteiger partial charge is 0.303 e. The Labute approximate surface area is 153 Å². The first kappa shape index (κ1) is 21.7. The molecule has 1 aliphatic rings. The van der Waals surface area contributed by atoms with Gasteiger partial charge in [0.25, 0.3) is 0 Å². The molecule has 0 aromatic carbocycles. The average Bonchev–Trinajstić information content (AvgIpc) is 2.44. The highest BCUT2D eigenvalue weighted by atomic mass is 16.5. The SMILES string of the molecule is CC(=O)O[C@H]1/C=C(\C)CC[C@@H](C(C)C)/C=C/[C@](C)(O)CC/C=C(\C)C1. The summed E-state index contributed by atoms with van der Waals surface area (Å²) in [5.74, 6) is 0.718. The second-order valence-corrected chi connectivity index (χ2v) is 8.12. The summed E-state index contributed by atoms with van der Waals surface area (Å²) in [6, 6.07) is 0. The predicted molar refractivity (Wildman–Crippen MR) is 104 cm³/mol. The molecule has 0 amide bonds. The summed E-state index contributed by atoms with van der Waals surface area (Å²) in [6.07, 6.45) is 12.4. The first-order valence-corrected chi connectivity index (χ1v) is 9.51. The highest BCUT2D eigenvalue weighted by Crippen LogP contribution is 2.25. The highest BCUT2D eigenvalue weighted by molar-refractivity contribution is 5.66. The third kappa shape index (κ3) is 9.06. The van der Waals surface area contributed by atoms with Crippen LogP contribution in [0.1, 0.15) is 73.6 Å². The summed E-state index contributed by atoms with van der Waals surface area (Å²) >= 11 is 0. The number of rotatable bonds is 2. The number of ether oxygens (including phenoxy) is 1. The Hall–Kier alpha value is -1.35. The highest BCUT2D eigenvalue weighted by Gasteiger charge is 2.19. The maximum Gasteiger partial charge on any atom is 0.303 e. The van der Waals surface area contributed by atoms with Crippen LogP contribution in [0.25, 0.3) is 0 Å². The molecule has 1 aliphatic carbocycles. The van der Waals surface area contributed by atoms with Crippen LogP contribution in [0.5, 0.6) is 0 Å². The lowest BCUT2D eigenvalue weighted by atomic mass is 9.86. The van der Waals surface area contributed by atoms with Crippen molar-refractivity contribution in [2.24, 2.45) is 11.8 Å². The van der Waals surface area contributed by atoms with Crippen LogP contribution in [-0.4, -0.2) is 22.8 Å². The van der Waals surface area contributed by atoms with E-state index in [0.717, 1.165) is 19.3 Å². The van der Waals surface area contributed by atoms with Gasteiger partial charge in [-0.3, -0.25) is 4.79 Å². The van der Waals surface area contributed by atoms with Gasteiger partial charge in [-0.25, -0.2) is 0 Å². The minimum atomic E-state index is -0.784. The van der Waals surface area contributed by atoms with Gasteiger partial charge in [0.05, 0.1) is 5.60 Å². The molecule has 0 aliphatic heterocycles. The molecule has 0 saturated carbocycles. The van der Waals surface area contributed by atoms with Gasteiger partial charge in [0.1, 0.15) is 6.10 Å². The summed E-state index contributed by atoms with van der Waals surface area (Å²) in [7, 11) is 0. The van der Waals surface area contributed by atoms with Gasteiger partial charge in [-0.15, -0.1) is 0 Å². The fourth-order valence-electron chi connectivity index (χ4n) is 3.22. The van der Waals surface area contributed by atoms with Crippen LogP contribution in [0, 0.1) is 11.8 Å². The van der Waals surface area contributed by atoms with Gasteiger partial charge < -0.3 is 9.84 Å². The van der Waals surface area contributed by atoms with Crippen molar-refractivity contribution in [1.82, 2.24) is 0 Å². The molecule has 3 atom stereocenters. The molecule has 0 saturated heterocycles. The molecule has 0 radical (unpaired) electrons. The van der Waals surface area contributed by atoms with Crippen LogP contribution in [0.3, 0.4) is 0 Å². The fraction of sp³-hybridized carbons (Fsp3) is 0.682. The maximum atomic E-state index is 11.4. The molecular formula is C22H36O3. The van der Waals surface area contributed by atoms with Gasteiger partial charge in [0, 0.05) is 13.3 Å². The van der Waals surface area contributed by atoms with Crippen LogP contribution in [0.4, 0.5) is 0 Å². The minimum absolute atomic E-state index is 0.203. The van der Waals surface area contributed by atoms with Crippen molar-refractivity contribution < 1.29 is 14.6 Å². The maximum absolute atomic E-state index is 11.4. The van der Waals surface area contributed by atoms with E-state index in [1.165, 1.54) is 18.1 Å². The quantitative estimate of drug-likeness (QED) is 0.540. The lowest BCUT2D eigenvalue weighted by Crippen LogP contribution is -2.21. The Morgan fingerprint density at radius 3 is 2.60 bits per heavy atom. The summed E-state index contributed by atoms with van der Waals surface area (Å²) in [4.78, 5) is 11.4. The number of hydrogen-bond acceptors (Lipinski definition) is 3. The Morgan fingerprint density at radius 2 is 2.00 bits per heavy atom. The van der Waals surface area contributed by atoms with E-state index in [0.29, 0.717) is 24.7 Å². The van der Waals surface area contributed by atoms with Crippen molar-refractivity contribution >= 4 is 5.97 Å². The molecular weight excluding hydrogens is 312 g/mol. The standard InChI is InChI=1S/C22H36O3/c1-16(2)20-10-9-18(4)15-21(25-19(5)23)14-17(3)8-7-12-22(6,24)13-11-20/h8,11,13,15-16,20-21,24H,7,9-10,12,14H2,1-6H3/b13-11+,17-8+,18-15+/t20-,21-,22-/m1/s1. The molecule has 1 N–H and O–H groups in total. The second-order valence-electron chi connectivity index (χ2n) is 8.12. The van der Waals surface area contributed by atoms with Gasteiger partial charge in [-0.05, 0) is 64.4 Å². The van der Waals surface area contributed by atoms with Crippen molar-refractivity contribution in [3.8, 4) is 0 Å². The molecule has 142 valence electrons. The minimum Gasteiger partial charge on any atom is -0.458 e. The van der Waals surface area contributed by atoms with Crippen LogP contribution in [0.15, 0.2) is 35.5 Å².